The molecule has 2 saturated heterocycles. The fraction of sp³-hybridized carbons (Fsp3) is 0.500. The molecule has 0 aliphatic carbocycles. The first-order chi connectivity index (χ1) is 17.2. The molecule has 1 N–H and O–H groups in total. The maximum atomic E-state index is 13.1. The van der Waals surface area contributed by atoms with Crippen LogP contribution >= 0.6 is 11.6 Å². The number of anilines is 2. The van der Waals surface area contributed by atoms with Gasteiger partial charge < -0.3 is 19.7 Å². The van der Waals surface area contributed by atoms with Crippen molar-refractivity contribution >= 4 is 35.0 Å². The second kappa shape index (κ2) is 11.4. The summed E-state index contributed by atoms with van der Waals surface area (Å²) >= 11 is 6.55. The SMILES string of the molecule is CC(C)(C)OC(=O)N1CCCC[C@@H]1C(=O)Nc1ccc(O[C@H]2CCCN(c3ccccc3)C2)c(Cl)c1. The highest BCUT2D eigenvalue weighted by Gasteiger charge is 2.35. The Hall–Kier alpha value is -2.93. The van der Waals surface area contributed by atoms with E-state index in [1.807, 2.05) is 39.0 Å². The van der Waals surface area contributed by atoms with Gasteiger partial charge in [0.05, 0.1) is 11.6 Å². The number of halogens is 1. The molecule has 0 radical (unpaired) electrons. The van der Waals surface area contributed by atoms with E-state index < -0.39 is 17.7 Å². The minimum absolute atomic E-state index is 0.0292. The summed E-state index contributed by atoms with van der Waals surface area (Å²) in [5.41, 5.74) is 1.15. The highest BCUT2D eigenvalue weighted by molar-refractivity contribution is 6.32. The Balaban J connectivity index is 1.37. The van der Waals surface area contributed by atoms with Gasteiger partial charge in [0.1, 0.15) is 23.5 Å². The van der Waals surface area contributed by atoms with E-state index in [0.29, 0.717) is 29.4 Å². The molecular formula is C28H36ClN3O4. The van der Waals surface area contributed by atoms with Crippen molar-refractivity contribution in [2.24, 2.45) is 0 Å². The molecular weight excluding hydrogens is 478 g/mol. The maximum absolute atomic E-state index is 13.1. The Kier molecular flexibility index (Phi) is 8.29. The van der Waals surface area contributed by atoms with Crippen LogP contribution in [0.5, 0.6) is 5.75 Å². The summed E-state index contributed by atoms with van der Waals surface area (Å²) in [4.78, 5) is 29.6. The fourth-order valence-corrected chi connectivity index (χ4v) is 4.96. The molecule has 2 atom stereocenters. The number of piperidine rings is 2. The van der Waals surface area contributed by atoms with E-state index in [1.54, 1.807) is 18.2 Å². The lowest BCUT2D eigenvalue weighted by Gasteiger charge is -2.35. The summed E-state index contributed by atoms with van der Waals surface area (Å²) in [6.45, 7) is 7.76. The first-order valence-electron chi connectivity index (χ1n) is 12.8. The Morgan fingerprint density at radius 1 is 1.00 bits per heavy atom. The first-order valence-corrected chi connectivity index (χ1v) is 13.1. The second-order valence-corrected chi connectivity index (χ2v) is 10.9. The van der Waals surface area contributed by atoms with Crippen LogP contribution in [0.3, 0.4) is 0 Å². The van der Waals surface area contributed by atoms with Gasteiger partial charge in [-0.2, -0.15) is 0 Å². The summed E-state index contributed by atoms with van der Waals surface area (Å²) in [7, 11) is 0. The van der Waals surface area contributed by atoms with Crippen LogP contribution in [-0.2, 0) is 9.53 Å². The van der Waals surface area contributed by atoms with Crippen molar-refractivity contribution in [2.75, 3.05) is 29.9 Å². The number of benzene rings is 2. The van der Waals surface area contributed by atoms with Gasteiger partial charge in [0.2, 0.25) is 5.91 Å². The molecule has 7 nitrogen and oxygen atoms in total. The van der Waals surface area contributed by atoms with Gasteiger partial charge in [-0.05, 0) is 83.2 Å². The standard InChI is InChI=1S/C28H36ClN3O4/c1-28(2,3)36-27(34)32-17-8-7-13-24(32)26(33)30-20-14-15-25(23(29)18-20)35-22-12-9-16-31(19-22)21-10-5-4-6-11-21/h4-6,10-11,14-15,18,22,24H,7-9,12-13,16-17,19H2,1-3H3,(H,30,33)/t22-,24+/m0/s1. The third-order valence-corrected chi connectivity index (χ3v) is 6.72. The lowest BCUT2D eigenvalue weighted by Crippen LogP contribution is -2.51. The van der Waals surface area contributed by atoms with Crippen LogP contribution < -0.4 is 15.0 Å². The van der Waals surface area contributed by atoms with Crippen molar-refractivity contribution < 1.29 is 19.1 Å². The molecule has 0 aromatic heterocycles. The summed E-state index contributed by atoms with van der Waals surface area (Å²) in [5.74, 6) is 0.360. The minimum atomic E-state index is -0.616. The number of carbonyl (C=O) groups excluding carboxylic acids is 2. The summed E-state index contributed by atoms with van der Waals surface area (Å²) in [5, 5.41) is 3.36. The molecule has 8 heteroatoms. The average molecular weight is 514 g/mol. The van der Waals surface area contributed by atoms with Crippen molar-refractivity contribution in [2.45, 2.75) is 70.6 Å². The zero-order valence-electron chi connectivity index (χ0n) is 21.3. The number of carbonyl (C=O) groups is 2. The molecule has 0 bridgehead atoms. The summed E-state index contributed by atoms with van der Waals surface area (Å²) in [6.07, 6.45) is 3.90. The zero-order chi connectivity index (χ0) is 25.7. The van der Waals surface area contributed by atoms with Crippen LogP contribution in [-0.4, -0.2) is 54.3 Å². The largest absolute Gasteiger partial charge is 0.487 e. The van der Waals surface area contributed by atoms with Gasteiger partial charge in [-0.1, -0.05) is 29.8 Å². The van der Waals surface area contributed by atoms with Crippen molar-refractivity contribution in [1.29, 1.82) is 0 Å². The highest BCUT2D eigenvalue weighted by Crippen LogP contribution is 2.31. The van der Waals surface area contributed by atoms with Crippen LogP contribution in [0.2, 0.25) is 5.02 Å². The predicted octanol–water partition coefficient (Wildman–Crippen LogP) is 6.12. The van der Waals surface area contributed by atoms with Gasteiger partial charge >= 0.3 is 6.09 Å². The molecule has 2 fully saturated rings. The third kappa shape index (κ3) is 6.84. The Morgan fingerprint density at radius 3 is 2.50 bits per heavy atom. The van der Waals surface area contributed by atoms with E-state index in [-0.39, 0.29) is 12.0 Å². The quantitative estimate of drug-likeness (QED) is 0.521. The van der Waals surface area contributed by atoms with E-state index in [2.05, 4.69) is 22.3 Å². The normalized spacial score (nSPS) is 20.6. The van der Waals surface area contributed by atoms with Crippen LogP contribution in [0.4, 0.5) is 16.2 Å². The van der Waals surface area contributed by atoms with E-state index in [1.165, 1.54) is 10.6 Å². The molecule has 0 spiro atoms. The Morgan fingerprint density at radius 2 is 1.78 bits per heavy atom. The number of rotatable bonds is 5. The van der Waals surface area contributed by atoms with E-state index >= 15 is 0 Å². The van der Waals surface area contributed by atoms with Crippen molar-refractivity contribution in [3.05, 3.63) is 53.6 Å². The minimum Gasteiger partial charge on any atom is -0.487 e. The molecule has 2 amide bonds. The monoisotopic (exact) mass is 513 g/mol. The van der Waals surface area contributed by atoms with Crippen molar-refractivity contribution in [1.82, 2.24) is 4.90 Å². The van der Waals surface area contributed by atoms with Crippen LogP contribution in [0.15, 0.2) is 48.5 Å². The summed E-state index contributed by atoms with van der Waals surface area (Å²) < 4.78 is 11.8. The third-order valence-electron chi connectivity index (χ3n) is 6.43. The van der Waals surface area contributed by atoms with Crippen molar-refractivity contribution in [3.8, 4) is 5.75 Å². The summed E-state index contributed by atoms with van der Waals surface area (Å²) in [6, 6.07) is 15.1. The molecule has 2 aromatic carbocycles. The molecule has 194 valence electrons. The van der Waals surface area contributed by atoms with Crippen LogP contribution in [0, 0.1) is 0 Å². The van der Waals surface area contributed by atoms with E-state index in [4.69, 9.17) is 21.1 Å². The lowest BCUT2D eigenvalue weighted by molar-refractivity contribution is -0.122. The second-order valence-electron chi connectivity index (χ2n) is 10.5. The van der Waals surface area contributed by atoms with Gasteiger partial charge in [-0.25, -0.2) is 4.79 Å². The van der Waals surface area contributed by atoms with Crippen LogP contribution in [0.25, 0.3) is 0 Å². The Labute approximate surface area is 218 Å². The first kappa shape index (κ1) is 26.1. The number of nitrogens with one attached hydrogen (secondary N) is 1. The fourth-order valence-electron chi connectivity index (χ4n) is 4.73. The number of hydrogen-bond acceptors (Lipinski definition) is 5. The number of likely N-dealkylation sites (tertiary alicyclic amines) is 1. The van der Waals surface area contributed by atoms with Gasteiger partial charge in [0, 0.05) is 24.5 Å². The number of amides is 2. The lowest BCUT2D eigenvalue weighted by atomic mass is 10.0. The van der Waals surface area contributed by atoms with Gasteiger partial charge in [-0.3, -0.25) is 9.69 Å². The zero-order valence-corrected chi connectivity index (χ0v) is 22.1. The maximum Gasteiger partial charge on any atom is 0.410 e. The average Bonchev–Trinajstić information content (AvgIpc) is 2.85. The van der Waals surface area contributed by atoms with Crippen molar-refractivity contribution in [3.63, 3.8) is 0 Å². The van der Waals surface area contributed by atoms with Gasteiger partial charge in [0.25, 0.3) is 0 Å². The predicted molar refractivity (Wildman–Crippen MR) is 143 cm³/mol. The molecule has 2 aliphatic rings. The number of hydrogen-bond donors (Lipinski definition) is 1. The topological polar surface area (TPSA) is 71.1 Å². The molecule has 2 heterocycles. The highest BCUT2D eigenvalue weighted by atomic mass is 35.5. The van der Waals surface area contributed by atoms with Gasteiger partial charge in [0.15, 0.2) is 0 Å². The molecule has 2 aliphatic heterocycles. The number of ether oxygens (including phenoxy) is 2. The van der Waals surface area contributed by atoms with Crippen LogP contribution in [0.1, 0.15) is 52.9 Å². The molecule has 36 heavy (non-hydrogen) atoms. The van der Waals surface area contributed by atoms with E-state index in [9.17, 15) is 9.59 Å². The van der Waals surface area contributed by atoms with Gasteiger partial charge in [-0.15, -0.1) is 0 Å². The molecule has 0 unspecified atom stereocenters. The smallest absolute Gasteiger partial charge is 0.410 e. The molecule has 4 rings (SSSR count). The number of nitrogens with zero attached hydrogens (tertiary/aromatic N) is 2. The van der Waals surface area contributed by atoms with E-state index in [0.717, 1.165) is 38.8 Å². The molecule has 2 aromatic rings. The molecule has 0 saturated carbocycles. The Bertz CT molecular complexity index is 1060. The number of para-hydroxylation sites is 1.